The molecule has 1 N–H and O–H groups in total. The van der Waals surface area contributed by atoms with Crippen LogP contribution >= 0.6 is 0 Å². The van der Waals surface area contributed by atoms with E-state index in [-0.39, 0.29) is 18.3 Å². The van der Waals surface area contributed by atoms with Gasteiger partial charge in [-0.15, -0.1) is 0 Å². The number of halogens is 1. The van der Waals surface area contributed by atoms with Crippen molar-refractivity contribution in [3.63, 3.8) is 0 Å². The summed E-state index contributed by atoms with van der Waals surface area (Å²) in [5, 5.41) is 2.80. The topological polar surface area (TPSA) is 54.5 Å². The molecule has 2 aliphatic heterocycles. The average molecular weight is 251 g/mol. The van der Waals surface area contributed by atoms with Gasteiger partial charge < -0.3 is 15.0 Å². The summed E-state index contributed by atoms with van der Waals surface area (Å²) in [5.41, 5.74) is -0.391. The third-order valence-corrected chi connectivity index (χ3v) is 3.47. The van der Waals surface area contributed by atoms with E-state index in [9.17, 15) is 9.18 Å². The van der Waals surface area contributed by atoms with Crippen molar-refractivity contribution >= 4 is 11.7 Å². The molecule has 18 heavy (non-hydrogen) atoms. The minimum atomic E-state index is -0.391. The number of carbonyl (C=O) groups is 1. The Morgan fingerprint density at radius 2 is 2.44 bits per heavy atom. The van der Waals surface area contributed by atoms with Crippen LogP contribution in [0.1, 0.15) is 6.42 Å². The molecule has 0 radical (unpaired) electrons. The van der Waals surface area contributed by atoms with Gasteiger partial charge in [0.1, 0.15) is 12.2 Å². The van der Waals surface area contributed by atoms with Crippen molar-refractivity contribution in [2.75, 3.05) is 31.1 Å². The molecule has 1 spiro atoms. The van der Waals surface area contributed by atoms with E-state index in [2.05, 4.69) is 10.3 Å². The molecule has 2 saturated heterocycles. The number of aromatic nitrogens is 1. The fourth-order valence-corrected chi connectivity index (χ4v) is 2.48. The van der Waals surface area contributed by atoms with E-state index < -0.39 is 5.60 Å². The number of nitrogens with one attached hydrogen (secondary N) is 1. The molecular formula is C12H14FN3O2. The Morgan fingerprint density at radius 3 is 3.17 bits per heavy atom. The zero-order valence-corrected chi connectivity index (χ0v) is 9.86. The van der Waals surface area contributed by atoms with Crippen LogP contribution in [0.4, 0.5) is 10.2 Å². The van der Waals surface area contributed by atoms with Crippen LogP contribution in [0.15, 0.2) is 18.3 Å². The molecule has 5 nitrogen and oxygen atoms in total. The van der Waals surface area contributed by atoms with E-state index >= 15 is 0 Å². The van der Waals surface area contributed by atoms with Crippen LogP contribution in [0.2, 0.25) is 0 Å². The van der Waals surface area contributed by atoms with Gasteiger partial charge in [-0.05, 0) is 18.6 Å². The number of nitrogens with zero attached hydrogens (tertiary/aromatic N) is 2. The Balaban J connectivity index is 1.76. The van der Waals surface area contributed by atoms with Crippen molar-refractivity contribution < 1.29 is 13.9 Å². The SMILES string of the molecule is O=C1COC2(CCN(c3ncccc3F)C2)CN1. The quantitative estimate of drug-likeness (QED) is 0.781. The molecule has 0 aromatic carbocycles. The maximum Gasteiger partial charge on any atom is 0.246 e. The van der Waals surface area contributed by atoms with E-state index in [1.807, 2.05) is 4.90 Å². The van der Waals surface area contributed by atoms with Gasteiger partial charge in [-0.1, -0.05) is 0 Å². The lowest BCUT2D eigenvalue weighted by molar-refractivity contribution is -0.141. The third kappa shape index (κ3) is 1.92. The molecule has 1 unspecified atom stereocenters. The maximum atomic E-state index is 13.6. The van der Waals surface area contributed by atoms with Crippen LogP contribution in [-0.2, 0) is 9.53 Å². The summed E-state index contributed by atoms with van der Waals surface area (Å²) in [4.78, 5) is 17.0. The second-order valence-electron chi connectivity index (χ2n) is 4.73. The first kappa shape index (κ1) is 11.4. The lowest BCUT2D eigenvalue weighted by atomic mass is 10.0. The van der Waals surface area contributed by atoms with E-state index in [0.29, 0.717) is 25.5 Å². The van der Waals surface area contributed by atoms with Crippen LogP contribution in [0.3, 0.4) is 0 Å². The van der Waals surface area contributed by atoms with Crippen LogP contribution in [0, 0.1) is 5.82 Å². The second-order valence-corrected chi connectivity index (χ2v) is 4.73. The predicted octanol–water partition coefficient (Wildman–Crippen LogP) is 0.316. The Labute approximate surface area is 104 Å². The largest absolute Gasteiger partial charge is 0.361 e. The van der Waals surface area contributed by atoms with Crippen LogP contribution in [0.25, 0.3) is 0 Å². The molecule has 1 aromatic heterocycles. The molecular weight excluding hydrogens is 237 g/mol. The molecule has 3 heterocycles. The smallest absolute Gasteiger partial charge is 0.246 e. The zero-order valence-electron chi connectivity index (χ0n) is 9.86. The molecule has 96 valence electrons. The highest BCUT2D eigenvalue weighted by atomic mass is 19.1. The first-order chi connectivity index (χ1) is 8.69. The lowest BCUT2D eigenvalue weighted by Crippen LogP contribution is -2.53. The van der Waals surface area contributed by atoms with Gasteiger partial charge in [0.15, 0.2) is 11.6 Å². The molecule has 0 saturated carbocycles. The van der Waals surface area contributed by atoms with Crippen molar-refractivity contribution in [3.05, 3.63) is 24.1 Å². The minimum Gasteiger partial charge on any atom is -0.361 e. The molecule has 6 heteroatoms. The van der Waals surface area contributed by atoms with Gasteiger partial charge in [-0.2, -0.15) is 0 Å². The molecule has 2 fully saturated rings. The number of ether oxygens (including phenoxy) is 1. The number of hydrogen-bond acceptors (Lipinski definition) is 4. The number of anilines is 1. The van der Waals surface area contributed by atoms with Gasteiger partial charge in [0.2, 0.25) is 5.91 Å². The average Bonchev–Trinajstić information content (AvgIpc) is 2.78. The highest BCUT2D eigenvalue weighted by Gasteiger charge is 2.43. The first-order valence-corrected chi connectivity index (χ1v) is 5.95. The van der Waals surface area contributed by atoms with Gasteiger partial charge in [0, 0.05) is 19.3 Å². The fourth-order valence-electron chi connectivity index (χ4n) is 2.48. The number of hydrogen-bond donors (Lipinski definition) is 1. The summed E-state index contributed by atoms with van der Waals surface area (Å²) in [5.74, 6) is -0.0626. The summed E-state index contributed by atoms with van der Waals surface area (Å²) in [6, 6.07) is 2.97. The Bertz CT molecular complexity index is 470. The normalized spacial score (nSPS) is 27.6. The minimum absolute atomic E-state index is 0.0819. The summed E-state index contributed by atoms with van der Waals surface area (Å²) in [6.07, 6.45) is 2.34. The monoisotopic (exact) mass is 251 g/mol. The Hall–Kier alpha value is -1.69. The first-order valence-electron chi connectivity index (χ1n) is 5.95. The van der Waals surface area contributed by atoms with Gasteiger partial charge >= 0.3 is 0 Å². The van der Waals surface area contributed by atoms with Crippen LogP contribution < -0.4 is 10.2 Å². The lowest BCUT2D eigenvalue weighted by Gasteiger charge is -2.33. The molecule has 1 aromatic rings. The number of rotatable bonds is 1. The highest BCUT2D eigenvalue weighted by Crippen LogP contribution is 2.30. The molecule has 1 amide bonds. The molecule has 3 rings (SSSR count). The van der Waals surface area contributed by atoms with Crippen molar-refractivity contribution in [2.24, 2.45) is 0 Å². The van der Waals surface area contributed by atoms with E-state index in [1.54, 1.807) is 12.3 Å². The van der Waals surface area contributed by atoms with Gasteiger partial charge in [0.05, 0.1) is 6.54 Å². The predicted molar refractivity (Wildman–Crippen MR) is 62.7 cm³/mol. The Kier molecular flexibility index (Phi) is 2.66. The van der Waals surface area contributed by atoms with Crippen molar-refractivity contribution in [1.82, 2.24) is 10.3 Å². The van der Waals surface area contributed by atoms with Gasteiger partial charge in [-0.25, -0.2) is 9.37 Å². The van der Waals surface area contributed by atoms with E-state index in [0.717, 1.165) is 6.42 Å². The standard InChI is InChI=1S/C12H14FN3O2/c13-9-2-1-4-14-11(9)16-5-3-12(8-16)7-15-10(17)6-18-12/h1-2,4H,3,5-8H2,(H,15,17). The molecule has 2 aliphatic rings. The van der Waals surface area contributed by atoms with Gasteiger partial charge in [0.25, 0.3) is 0 Å². The van der Waals surface area contributed by atoms with Crippen molar-refractivity contribution in [2.45, 2.75) is 12.0 Å². The number of amides is 1. The zero-order chi connectivity index (χ0) is 12.6. The summed E-state index contributed by atoms with van der Waals surface area (Å²) >= 11 is 0. The third-order valence-electron chi connectivity index (χ3n) is 3.47. The fraction of sp³-hybridized carbons (Fsp3) is 0.500. The Morgan fingerprint density at radius 1 is 1.56 bits per heavy atom. The molecule has 0 bridgehead atoms. The summed E-state index contributed by atoms with van der Waals surface area (Å²) in [7, 11) is 0. The number of morpholine rings is 1. The highest BCUT2D eigenvalue weighted by molar-refractivity contribution is 5.78. The van der Waals surface area contributed by atoms with Gasteiger partial charge in [-0.3, -0.25) is 4.79 Å². The second kappa shape index (κ2) is 4.20. The van der Waals surface area contributed by atoms with Crippen molar-refractivity contribution in [1.29, 1.82) is 0 Å². The molecule has 0 aliphatic carbocycles. The van der Waals surface area contributed by atoms with Crippen LogP contribution in [0.5, 0.6) is 0 Å². The van der Waals surface area contributed by atoms with E-state index in [1.165, 1.54) is 6.07 Å². The van der Waals surface area contributed by atoms with E-state index in [4.69, 9.17) is 4.74 Å². The molecule has 1 atom stereocenters. The van der Waals surface area contributed by atoms with Crippen LogP contribution in [-0.4, -0.2) is 42.7 Å². The maximum absolute atomic E-state index is 13.6. The van der Waals surface area contributed by atoms with Crippen molar-refractivity contribution in [3.8, 4) is 0 Å². The number of pyridine rings is 1. The summed E-state index contributed by atoms with van der Waals surface area (Å²) in [6.45, 7) is 1.81. The summed E-state index contributed by atoms with van der Waals surface area (Å²) < 4.78 is 19.3. The number of carbonyl (C=O) groups excluding carboxylic acids is 1.